The van der Waals surface area contributed by atoms with Gasteiger partial charge in [-0.15, -0.1) is 11.3 Å². The summed E-state index contributed by atoms with van der Waals surface area (Å²) in [4.78, 5) is 47.1. The number of amides is 2. The number of aryl methyl sites for hydroxylation is 2. The predicted octanol–water partition coefficient (Wildman–Crippen LogP) is 3.79. The molecule has 0 bridgehead atoms. The van der Waals surface area contributed by atoms with Gasteiger partial charge < -0.3 is 4.84 Å². The second-order valence-corrected chi connectivity index (χ2v) is 7.08. The maximum absolute atomic E-state index is 12.6. The Morgan fingerprint density at radius 2 is 1.48 bits per heavy atom. The lowest BCUT2D eigenvalue weighted by Crippen LogP contribution is -2.32. The smallest absolute Gasteiger partial charge is 0.323 e. The largest absolute Gasteiger partial charge is 0.375 e. The maximum atomic E-state index is 12.6. The Kier molecular flexibility index (Phi) is 4.08. The van der Waals surface area contributed by atoms with Crippen LogP contribution in [0, 0.1) is 13.8 Å². The van der Waals surface area contributed by atoms with E-state index in [2.05, 4.69) is 4.98 Å². The van der Waals surface area contributed by atoms with Gasteiger partial charge in [-0.05, 0) is 31.5 Å². The second-order valence-electron chi connectivity index (χ2n) is 6.08. The molecule has 0 aliphatic carbocycles. The number of fused-ring (bicyclic) bond motifs is 1. The van der Waals surface area contributed by atoms with Crippen molar-refractivity contribution in [2.75, 3.05) is 0 Å². The summed E-state index contributed by atoms with van der Waals surface area (Å²) in [7, 11) is 0. The number of hydroxylamine groups is 2. The number of rotatable bonds is 3. The van der Waals surface area contributed by atoms with Crippen LogP contribution in [0.2, 0.25) is 0 Å². The fourth-order valence-corrected chi connectivity index (χ4v) is 3.92. The van der Waals surface area contributed by atoms with Crippen molar-refractivity contribution in [2.24, 2.45) is 0 Å². The Hall–Kier alpha value is -3.32. The number of thiazole rings is 1. The monoisotopic (exact) mass is 378 g/mol. The first kappa shape index (κ1) is 17.1. The van der Waals surface area contributed by atoms with Crippen LogP contribution in [0.3, 0.4) is 0 Å². The van der Waals surface area contributed by atoms with E-state index >= 15 is 0 Å². The number of aromatic nitrogens is 1. The maximum Gasteiger partial charge on any atom is 0.375 e. The number of hydrogen-bond acceptors (Lipinski definition) is 6. The highest BCUT2D eigenvalue weighted by Crippen LogP contribution is 2.31. The zero-order valence-corrected chi connectivity index (χ0v) is 15.4. The van der Waals surface area contributed by atoms with E-state index in [1.54, 1.807) is 19.1 Å². The summed E-state index contributed by atoms with van der Waals surface area (Å²) in [6.07, 6.45) is 0. The zero-order chi connectivity index (χ0) is 19.1. The van der Waals surface area contributed by atoms with Gasteiger partial charge in [0, 0.05) is 5.56 Å². The number of carbonyl (C=O) groups is 3. The van der Waals surface area contributed by atoms with Crippen LogP contribution in [0.5, 0.6) is 0 Å². The van der Waals surface area contributed by atoms with E-state index in [0.717, 1.165) is 11.1 Å². The molecule has 0 saturated carbocycles. The normalized spacial score (nSPS) is 13.0. The Balaban J connectivity index is 1.61. The Morgan fingerprint density at radius 3 is 2.07 bits per heavy atom. The molecule has 3 aromatic rings. The van der Waals surface area contributed by atoms with Crippen LogP contribution in [0.1, 0.15) is 41.6 Å². The molecular weight excluding hydrogens is 364 g/mol. The molecule has 134 valence electrons. The molecule has 0 atom stereocenters. The van der Waals surface area contributed by atoms with E-state index in [1.807, 2.05) is 31.2 Å². The first-order chi connectivity index (χ1) is 13.0. The molecule has 4 rings (SSSR count). The highest BCUT2D eigenvalue weighted by Gasteiger charge is 2.39. The molecule has 0 N–H and O–H groups in total. The summed E-state index contributed by atoms with van der Waals surface area (Å²) < 4.78 is 0. The Morgan fingerprint density at radius 1 is 0.926 bits per heavy atom. The molecule has 0 spiro atoms. The van der Waals surface area contributed by atoms with Gasteiger partial charge in [0.25, 0.3) is 11.8 Å². The average molecular weight is 378 g/mol. The SMILES string of the molecule is Cc1ccccc1-c1nc(C)c(C(=O)ON2C(=O)c3ccccc3C2=O)s1. The molecule has 27 heavy (non-hydrogen) atoms. The van der Waals surface area contributed by atoms with Gasteiger partial charge in [-0.25, -0.2) is 9.78 Å². The number of carbonyl (C=O) groups excluding carboxylic acids is 3. The average Bonchev–Trinajstić information content (AvgIpc) is 3.16. The van der Waals surface area contributed by atoms with Crippen LogP contribution in [-0.4, -0.2) is 27.8 Å². The summed E-state index contributed by atoms with van der Waals surface area (Å²) in [6, 6.07) is 14.1. The predicted molar refractivity (Wildman–Crippen MR) is 99.4 cm³/mol. The number of imide groups is 1. The fraction of sp³-hybridized carbons (Fsp3) is 0.100. The van der Waals surface area contributed by atoms with Crippen LogP contribution in [0.4, 0.5) is 0 Å². The van der Waals surface area contributed by atoms with Crippen molar-refractivity contribution in [3.8, 4) is 10.6 Å². The van der Waals surface area contributed by atoms with E-state index in [9.17, 15) is 14.4 Å². The van der Waals surface area contributed by atoms with Gasteiger partial charge in [-0.1, -0.05) is 41.5 Å². The summed E-state index contributed by atoms with van der Waals surface area (Å²) in [5, 5.41) is 1.19. The first-order valence-electron chi connectivity index (χ1n) is 8.21. The van der Waals surface area contributed by atoms with Crippen molar-refractivity contribution in [1.29, 1.82) is 0 Å². The first-order valence-corrected chi connectivity index (χ1v) is 9.02. The summed E-state index contributed by atoms with van der Waals surface area (Å²) >= 11 is 1.17. The summed E-state index contributed by atoms with van der Waals surface area (Å²) in [5.74, 6) is -2.07. The molecule has 0 radical (unpaired) electrons. The standard InChI is InChI=1S/C20H14N2O4S/c1-11-7-3-4-8-13(11)17-21-12(2)16(27-17)20(25)26-22-18(23)14-9-5-6-10-15(14)19(22)24/h3-10H,1-2H3. The summed E-state index contributed by atoms with van der Waals surface area (Å²) in [5.41, 5.74) is 2.88. The van der Waals surface area contributed by atoms with Gasteiger partial charge in [-0.2, -0.15) is 0 Å². The van der Waals surface area contributed by atoms with Crippen LogP contribution in [0.15, 0.2) is 48.5 Å². The third-order valence-electron chi connectivity index (χ3n) is 4.29. The Labute approximate surface area is 159 Å². The second kappa shape index (κ2) is 6.44. The molecule has 0 saturated heterocycles. The van der Waals surface area contributed by atoms with Crippen LogP contribution >= 0.6 is 11.3 Å². The minimum atomic E-state index is -0.778. The van der Waals surface area contributed by atoms with Gasteiger partial charge in [0.2, 0.25) is 0 Å². The fourth-order valence-electron chi connectivity index (χ4n) is 2.89. The van der Waals surface area contributed by atoms with Crippen molar-refractivity contribution in [2.45, 2.75) is 13.8 Å². The van der Waals surface area contributed by atoms with Gasteiger partial charge in [0.15, 0.2) is 0 Å². The topological polar surface area (TPSA) is 76.6 Å². The molecule has 1 aliphatic heterocycles. The summed E-state index contributed by atoms with van der Waals surface area (Å²) in [6.45, 7) is 3.65. The molecular formula is C20H14N2O4S. The molecule has 0 fully saturated rings. The molecule has 0 unspecified atom stereocenters. The van der Waals surface area contributed by atoms with E-state index < -0.39 is 17.8 Å². The minimum Gasteiger partial charge on any atom is -0.323 e. The lowest BCUT2D eigenvalue weighted by atomic mass is 10.1. The van der Waals surface area contributed by atoms with E-state index in [4.69, 9.17) is 4.84 Å². The third kappa shape index (κ3) is 2.82. The van der Waals surface area contributed by atoms with Crippen molar-refractivity contribution in [1.82, 2.24) is 10.0 Å². The third-order valence-corrected chi connectivity index (χ3v) is 5.46. The lowest BCUT2D eigenvalue weighted by Gasteiger charge is -2.11. The zero-order valence-electron chi connectivity index (χ0n) is 14.6. The van der Waals surface area contributed by atoms with Gasteiger partial charge in [-0.3, -0.25) is 9.59 Å². The molecule has 2 amide bonds. The number of benzene rings is 2. The number of nitrogens with zero attached hydrogens (tertiary/aromatic N) is 2. The van der Waals surface area contributed by atoms with Gasteiger partial charge in [0.05, 0.1) is 16.8 Å². The Bertz CT molecular complexity index is 1070. The van der Waals surface area contributed by atoms with Crippen LogP contribution in [-0.2, 0) is 4.84 Å². The molecule has 1 aromatic heterocycles. The molecule has 2 aromatic carbocycles. The lowest BCUT2D eigenvalue weighted by molar-refractivity contribution is -0.0581. The van der Waals surface area contributed by atoms with Crippen molar-refractivity contribution in [3.63, 3.8) is 0 Å². The highest BCUT2D eigenvalue weighted by molar-refractivity contribution is 7.17. The van der Waals surface area contributed by atoms with Crippen molar-refractivity contribution in [3.05, 3.63) is 75.8 Å². The highest BCUT2D eigenvalue weighted by atomic mass is 32.1. The van der Waals surface area contributed by atoms with Crippen LogP contribution in [0.25, 0.3) is 10.6 Å². The molecule has 7 heteroatoms. The van der Waals surface area contributed by atoms with E-state index in [1.165, 1.54) is 23.5 Å². The molecule has 1 aliphatic rings. The molecule has 2 heterocycles. The van der Waals surface area contributed by atoms with Crippen molar-refractivity contribution >= 4 is 29.1 Å². The minimum absolute atomic E-state index is 0.219. The number of hydrogen-bond donors (Lipinski definition) is 0. The quantitative estimate of drug-likeness (QED) is 0.648. The van der Waals surface area contributed by atoms with Crippen LogP contribution < -0.4 is 0 Å². The van der Waals surface area contributed by atoms with Crippen molar-refractivity contribution < 1.29 is 19.2 Å². The van der Waals surface area contributed by atoms with E-state index in [0.29, 0.717) is 15.8 Å². The van der Waals surface area contributed by atoms with E-state index in [-0.39, 0.29) is 16.0 Å². The van der Waals surface area contributed by atoms with Gasteiger partial charge >= 0.3 is 5.97 Å². The molecule has 6 nitrogen and oxygen atoms in total. The van der Waals surface area contributed by atoms with Gasteiger partial charge in [0.1, 0.15) is 9.88 Å².